The molecule has 0 radical (unpaired) electrons. The summed E-state index contributed by atoms with van der Waals surface area (Å²) in [6, 6.07) is 14.1. The first-order valence-electron chi connectivity index (χ1n) is 10.2. The molecule has 7 nitrogen and oxygen atoms in total. The third kappa shape index (κ3) is 6.84. The number of benzene rings is 2. The molecule has 0 bridgehead atoms. The number of ether oxygens (including phenoxy) is 2. The zero-order valence-electron chi connectivity index (χ0n) is 17.7. The molecule has 2 amide bonds. The molecule has 0 aliphatic carbocycles. The van der Waals surface area contributed by atoms with Crippen molar-refractivity contribution in [2.75, 3.05) is 25.1 Å². The minimum absolute atomic E-state index is 0.00650. The molecule has 0 saturated carbocycles. The van der Waals surface area contributed by atoms with Gasteiger partial charge in [-0.15, -0.1) is 0 Å². The van der Waals surface area contributed by atoms with E-state index < -0.39 is 5.91 Å². The van der Waals surface area contributed by atoms with E-state index in [2.05, 4.69) is 10.6 Å². The molecule has 1 unspecified atom stereocenters. The summed E-state index contributed by atoms with van der Waals surface area (Å²) in [6.45, 7) is 2.82. The predicted octanol–water partition coefficient (Wildman–Crippen LogP) is 3.87. The molecule has 1 fully saturated rings. The zero-order valence-corrected chi connectivity index (χ0v) is 18.4. The lowest BCUT2D eigenvalue weighted by molar-refractivity contribution is -0.118. The first-order valence-corrected chi connectivity index (χ1v) is 10.6. The summed E-state index contributed by atoms with van der Waals surface area (Å²) in [7, 11) is 0. The Kier molecular flexibility index (Phi) is 8.26. The smallest absolute Gasteiger partial charge is 0.262 e. The van der Waals surface area contributed by atoms with Gasteiger partial charge < -0.3 is 20.1 Å². The molecule has 2 N–H and O–H groups in total. The summed E-state index contributed by atoms with van der Waals surface area (Å²) < 4.78 is 11.0. The van der Waals surface area contributed by atoms with Crippen molar-refractivity contribution in [2.45, 2.75) is 25.9 Å². The second-order valence-corrected chi connectivity index (χ2v) is 7.81. The van der Waals surface area contributed by atoms with Crippen molar-refractivity contribution in [3.05, 3.63) is 64.2 Å². The van der Waals surface area contributed by atoms with E-state index in [-0.39, 0.29) is 29.2 Å². The van der Waals surface area contributed by atoms with Gasteiger partial charge in [0.2, 0.25) is 0 Å². The van der Waals surface area contributed by atoms with Crippen molar-refractivity contribution in [3.8, 4) is 11.8 Å². The Morgan fingerprint density at radius 2 is 2.06 bits per heavy atom. The van der Waals surface area contributed by atoms with Gasteiger partial charge in [0.15, 0.2) is 6.61 Å². The van der Waals surface area contributed by atoms with E-state index in [1.54, 1.807) is 18.2 Å². The Balaban J connectivity index is 1.55. The van der Waals surface area contributed by atoms with Crippen LogP contribution in [-0.4, -0.2) is 37.7 Å². The Morgan fingerprint density at radius 1 is 1.28 bits per heavy atom. The van der Waals surface area contributed by atoms with Gasteiger partial charge in [0.25, 0.3) is 11.8 Å². The maximum absolute atomic E-state index is 12.3. The second-order valence-electron chi connectivity index (χ2n) is 7.41. The molecule has 8 heteroatoms. The van der Waals surface area contributed by atoms with Gasteiger partial charge >= 0.3 is 0 Å². The number of amides is 2. The maximum atomic E-state index is 12.3. The molecule has 1 aliphatic heterocycles. The number of nitriles is 1. The zero-order chi connectivity index (χ0) is 22.9. The fourth-order valence-electron chi connectivity index (χ4n) is 3.12. The van der Waals surface area contributed by atoms with Crippen LogP contribution in [0.2, 0.25) is 5.02 Å². The highest BCUT2D eigenvalue weighted by molar-refractivity contribution is 6.32. The molecule has 3 rings (SSSR count). The van der Waals surface area contributed by atoms with Crippen LogP contribution in [0.1, 0.15) is 24.0 Å². The highest BCUT2D eigenvalue weighted by atomic mass is 35.5. The molecule has 1 heterocycles. The number of rotatable bonds is 8. The SMILES string of the molecule is Cc1ccc(NC(=O)COc2ccc(C=C(C#N)C(=O)NCC3CCCO3)cc2Cl)cc1. The first-order chi connectivity index (χ1) is 15.4. The van der Waals surface area contributed by atoms with Crippen molar-refractivity contribution in [2.24, 2.45) is 0 Å². The number of carbonyl (C=O) groups is 2. The molecule has 166 valence electrons. The molecule has 0 spiro atoms. The highest BCUT2D eigenvalue weighted by Crippen LogP contribution is 2.26. The van der Waals surface area contributed by atoms with Gasteiger partial charge in [-0.1, -0.05) is 35.4 Å². The summed E-state index contributed by atoms with van der Waals surface area (Å²) in [5.74, 6) is -0.458. The van der Waals surface area contributed by atoms with Crippen LogP contribution in [0.5, 0.6) is 5.75 Å². The van der Waals surface area contributed by atoms with Crippen LogP contribution in [0.4, 0.5) is 5.69 Å². The predicted molar refractivity (Wildman–Crippen MR) is 122 cm³/mol. The van der Waals surface area contributed by atoms with Crippen molar-refractivity contribution < 1.29 is 19.1 Å². The van der Waals surface area contributed by atoms with Gasteiger partial charge in [-0.25, -0.2) is 0 Å². The average molecular weight is 454 g/mol. The fourth-order valence-corrected chi connectivity index (χ4v) is 3.37. The molecule has 1 saturated heterocycles. The monoisotopic (exact) mass is 453 g/mol. The van der Waals surface area contributed by atoms with Gasteiger partial charge in [-0.2, -0.15) is 5.26 Å². The molecule has 0 aromatic heterocycles. The lowest BCUT2D eigenvalue weighted by Crippen LogP contribution is -2.32. The largest absolute Gasteiger partial charge is 0.482 e. The van der Waals surface area contributed by atoms with Gasteiger partial charge in [-0.05, 0) is 55.7 Å². The van der Waals surface area contributed by atoms with Crippen LogP contribution in [0, 0.1) is 18.3 Å². The summed E-state index contributed by atoms with van der Waals surface area (Å²) >= 11 is 6.26. The molecular formula is C24H24ClN3O4. The average Bonchev–Trinajstić information content (AvgIpc) is 3.30. The van der Waals surface area contributed by atoms with E-state index in [1.807, 2.05) is 37.3 Å². The number of anilines is 1. The van der Waals surface area contributed by atoms with E-state index in [1.165, 1.54) is 6.08 Å². The van der Waals surface area contributed by atoms with Crippen LogP contribution < -0.4 is 15.4 Å². The first kappa shape index (κ1) is 23.3. The van der Waals surface area contributed by atoms with Crippen LogP contribution in [0.3, 0.4) is 0 Å². The van der Waals surface area contributed by atoms with Crippen molar-refractivity contribution in [1.82, 2.24) is 5.32 Å². The third-order valence-electron chi connectivity index (χ3n) is 4.84. The van der Waals surface area contributed by atoms with Crippen molar-refractivity contribution >= 4 is 35.2 Å². The minimum atomic E-state index is -0.466. The van der Waals surface area contributed by atoms with Gasteiger partial charge in [0.05, 0.1) is 11.1 Å². The fraction of sp³-hybridized carbons (Fsp3) is 0.292. The molecule has 32 heavy (non-hydrogen) atoms. The number of nitrogens with zero attached hydrogens (tertiary/aromatic N) is 1. The van der Waals surface area contributed by atoms with Crippen LogP contribution >= 0.6 is 11.6 Å². The Morgan fingerprint density at radius 3 is 2.72 bits per heavy atom. The van der Waals surface area contributed by atoms with E-state index in [0.29, 0.717) is 30.2 Å². The van der Waals surface area contributed by atoms with E-state index in [4.69, 9.17) is 21.1 Å². The molecule has 2 aromatic rings. The number of hydrogen-bond acceptors (Lipinski definition) is 5. The second kappa shape index (κ2) is 11.3. The quantitative estimate of drug-likeness (QED) is 0.466. The van der Waals surface area contributed by atoms with Crippen LogP contribution in [-0.2, 0) is 14.3 Å². The normalized spacial score (nSPS) is 15.7. The van der Waals surface area contributed by atoms with E-state index in [0.717, 1.165) is 18.4 Å². The number of hydrogen-bond donors (Lipinski definition) is 2. The topological polar surface area (TPSA) is 100 Å². The van der Waals surface area contributed by atoms with E-state index >= 15 is 0 Å². The summed E-state index contributed by atoms with van der Waals surface area (Å²) in [6.07, 6.45) is 3.31. The summed E-state index contributed by atoms with van der Waals surface area (Å²) in [5.41, 5.74) is 2.30. The lowest BCUT2D eigenvalue weighted by Gasteiger charge is -2.11. The van der Waals surface area contributed by atoms with Gasteiger partial charge in [0.1, 0.15) is 17.4 Å². The van der Waals surface area contributed by atoms with E-state index in [9.17, 15) is 14.9 Å². The van der Waals surface area contributed by atoms with Gasteiger partial charge in [-0.3, -0.25) is 9.59 Å². The minimum Gasteiger partial charge on any atom is -0.482 e. The summed E-state index contributed by atoms with van der Waals surface area (Å²) in [5, 5.41) is 15.1. The standard InChI is InChI=1S/C24H24ClN3O4/c1-16-4-7-19(8-5-16)28-23(29)15-32-22-9-6-17(12-21(22)25)11-18(13-26)24(30)27-14-20-3-2-10-31-20/h4-9,11-12,20H,2-3,10,14-15H2,1H3,(H,27,30)(H,28,29). The van der Waals surface area contributed by atoms with Gasteiger partial charge in [0, 0.05) is 18.8 Å². The van der Waals surface area contributed by atoms with Crippen LogP contribution in [0.25, 0.3) is 6.08 Å². The lowest BCUT2D eigenvalue weighted by atomic mass is 10.1. The number of nitrogens with one attached hydrogen (secondary N) is 2. The molecule has 1 aliphatic rings. The van der Waals surface area contributed by atoms with Crippen molar-refractivity contribution in [3.63, 3.8) is 0 Å². The highest BCUT2D eigenvalue weighted by Gasteiger charge is 2.17. The summed E-state index contributed by atoms with van der Waals surface area (Å²) in [4.78, 5) is 24.4. The third-order valence-corrected chi connectivity index (χ3v) is 5.14. The number of halogens is 1. The Labute approximate surface area is 192 Å². The number of aryl methyl sites for hydroxylation is 1. The van der Waals surface area contributed by atoms with Crippen LogP contribution in [0.15, 0.2) is 48.0 Å². The molecular weight excluding hydrogens is 430 g/mol. The Bertz CT molecular complexity index is 1040. The van der Waals surface area contributed by atoms with Crippen molar-refractivity contribution in [1.29, 1.82) is 5.26 Å². The maximum Gasteiger partial charge on any atom is 0.262 e. The molecule has 2 aromatic carbocycles. The number of carbonyl (C=O) groups excluding carboxylic acids is 2. The molecule has 1 atom stereocenters. The Hall–Kier alpha value is -3.34.